The fraction of sp³-hybridized carbons (Fsp3) is 0.0149. The van der Waals surface area contributed by atoms with E-state index in [-0.39, 0.29) is 0 Å². The van der Waals surface area contributed by atoms with Crippen molar-refractivity contribution in [3.8, 4) is 66.8 Å². The molecule has 0 heterocycles. The zero-order chi connectivity index (χ0) is 45.3. The molecule has 68 heavy (non-hydrogen) atoms. The first-order valence-electron chi connectivity index (χ1n) is 23.5. The van der Waals surface area contributed by atoms with Crippen LogP contribution in [0.15, 0.2) is 285 Å². The number of nitrogens with zero attached hydrogens (tertiary/aromatic N) is 1. The van der Waals surface area contributed by atoms with Crippen molar-refractivity contribution in [1.82, 2.24) is 0 Å². The topological polar surface area (TPSA) is 3.24 Å². The fourth-order valence-corrected chi connectivity index (χ4v) is 10.5. The summed E-state index contributed by atoms with van der Waals surface area (Å²) in [5, 5.41) is 0. The van der Waals surface area contributed by atoms with Crippen LogP contribution >= 0.6 is 0 Å². The van der Waals surface area contributed by atoms with E-state index < -0.39 is 5.41 Å². The Hall–Kier alpha value is -8.78. The smallest absolute Gasteiger partial charge is 0.0714 e. The van der Waals surface area contributed by atoms with Crippen molar-refractivity contribution in [2.75, 3.05) is 4.90 Å². The summed E-state index contributed by atoms with van der Waals surface area (Å²) in [5.41, 5.74) is 22.0. The highest BCUT2D eigenvalue weighted by Crippen LogP contribution is 2.59. The van der Waals surface area contributed by atoms with E-state index in [0.717, 1.165) is 28.2 Å². The van der Waals surface area contributed by atoms with Gasteiger partial charge >= 0.3 is 0 Å². The molecule has 11 aromatic carbocycles. The number of fused-ring (bicyclic) bond motifs is 3. The predicted molar refractivity (Wildman–Crippen MR) is 286 cm³/mol. The summed E-state index contributed by atoms with van der Waals surface area (Å²) in [6, 6.07) is 104. The highest BCUT2D eigenvalue weighted by atomic mass is 15.1. The minimum absolute atomic E-state index is 0.577. The van der Waals surface area contributed by atoms with Crippen LogP contribution in [-0.2, 0) is 5.41 Å². The molecule has 0 unspecified atom stereocenters. The molecule has 1 aliphatic rings. The van der Waals surface area contributed by atoms with E-state index in [2.05, 4.69) is 290 Å². The quantitative estimate of drug-likeness (QED) is 0.132. The number of anilines is 3. The van der Waals surface area contributed by atoms with Crippen LogP contribution in [0.25, 0.3) is 66.8 Å². The van der Waals surface area contributed by atoms with E-state index in [4.69, 9.17) is 0 Å². The highest BCUT2D eigenvalue weighted by Gasteiger charge is 2.46. The number of hydrogen-bond donors (Lipinski definition) is 0. The summed E-state index contributed by atoms with van der Waals surface area (Å²) in [5.74, 6) is 0. The summed E-state index contributed by atoms with van der Waals surface area (Å²) in [6.45, 7) is 0. The van der Waals surface area contributed by atoms with Gasteiger partial charge in [0.1, 0.15) is 0 Å². The molecule has 0 saturated heterocycles. The Morgan fingerprint density at radius 2 is 0.588 bits per heavy atom. The molecule has 0 fully saturated rings. The molecular formula is C67H47N. The predicted octanol–water partition coefficient (Wildman–Crippen LogP) is 17.9. The molecule has 0 N–H and O–H groups in total. The van der Waals surface area contributed by atoms with Crippen LogP contribution < -0.4 is 4.90 Å². The first-order chi connectivity index (χ1) is 33.7. The lowest BCUT2D eigenvalue weighted by Gasteiger charge is -2.35. The third kappa shape index (κ3) is 7.22. The monoisotopic (exact) mass is 865 g/mol. The molecule has 11 aromatic rings. The van der Waals surface area contributed by atoms with Crippen LogP contribution in [0.2, 0.25) is 0 Å². The van der Waals surface area contributed by atoms with Crippen LogP contribution in [-0.4, -0.2) is 0 Å². The van der Waals surface area contributed by atoms with Crippen LogP contribution in [0, 0.1) is 0 Å². The molecular weight excluding hydrogens is 819 g/mol. The van der Waals surface area contributed by atoms with Gasteiger partial charge in [0, 0.05) is 16.9 Å². The second-order valence-electron chi connectivity index (χ2n) is 17.6. The molecule has 0 radical (unpaired) electrons. The number of hydrogen-bond acceptors (Lipinski definition) is 1. The molecule has 0 amide bonds. The van der Waals surface area contributed by atoms with Crippen molar-refractivity contribution < 1.29 is 0 Å². The minimum Gasteiger partial charge on any atom is -0.310 e. The number of benzene rings is 11. The van der Waals surface area contributed by atoms with E-state index in [1.54, 1.807) is 0 Å². The Morgan fingerprint density at radius 1 is 0.221 bits per heavy atom. The van der Waals surface area contributed by atoms with Crippen molar-refractivity contribution in [3.63, 3.8) is 0 Å². The second-order valence-corrected chi connectivity index (χ2v) is 17.6. The Morgan fingerprint density at radius 3 is 1.07 bits per heavy atom. The van der Waals surface area contributed by atoms with Gasteiger partial charge in [-0.15, -0.1) is 0 Å². The molecule has 0 spiro atoms. The van der Waals surface area contributed by atoms with Crippen LogP contribution in [0.5, 0.6) is 0 Å². The van der Waals surface area contributed by atoms with E-state index in [0.29, 0.717) is 0 Å². The normalized spacial score (nSPS) is 12.2. The van der Waals surface area contributed by atoms with Gasteiger partial charge in [-0.1, -0.05) is 243 Å². The largest absolute Gasteiger partial charge is 0.310 e. The molecule has 12 rings (SSSR count). The van der Waals surface area contributed by atoms with Gasteiger partial charge in [-0.3, -0.25) is 0 Å². The SMILES string of the molecule is c1ccc(-c2ccc(-c3ccc(N(c4ccc(-c5ccccc5)cc4)c4cc5c(cc4-c4cccc(-c6ccccc6)c4)-c4ccccc4C5(c4ccccc4)c4ccccc4)cc3)cc2)cc1. The Balaban J connectivity index is 1.11. The van der Waals surface area contributed by atoms with Gasteiger partial charge in [0.25, 0.3) is 0 Å². The summed E-state index contributed by atoms with van der Waals surface area (Å²) in [7, 11) is 0. The lowest BCUT2D eigenvalue weighted by molar-refractivity contribution is 0.768. The Labute approximate surface area is 399 Å². The van der Waals surface area contributed by atoms with E-state index in [1.165, 1.54) is 77.9 Å². The van der Waals surface area contributed by atoms with Gasteiger partial charge in [-0.2, -0.15) is 0 Å². The molecule has 1 nitrogen and oxygen atoms in total. The average molecular weight is 866 g/mol. The number of rotatable bonds is 10. The molecule has 320 valence electrons. The molecule has 0 saturated carbocycles. The summed E-state index contributed by atoms with van der Waals surface area (Å²) < 4.78 is 0. The lowest BCUT2D eigenvalue weighted by Crippen LogP contribution is -2.28. The first kappa shape index (κ1) is 40.7. The summed E-state index contributed by atoms with van der Waals surface area (Å²) in [4.78, 5) is 2.48. The van der Waals surface area contributed by atoms with Gasteiger partial charge in [0.15, 0.2) is 0 Å². The minimum atomic E-state index is -0.577. The Kier molecular flexibility index (Phi) is 10.5. The average Bonchev–Trinajstić information content (AvgIpc) is 3.72. The van der Waals surface area contributed by atoms with Gasteiger partial charge < -0.3 is 4.90 Å². The summed E-state index contributed by atoms with van der Waals surface area (Å²) >= 11 is 0. The van der Waals surface area contributed by atoms with Gasteiger partial charge in [0.2, 0.25) is 0 Å². The van der Waals surface area contributed by atoms with Gasteiger partial charge in [-0.05, 0) is 126 Å². The maximum absolute atomic E-state index is 2.52. The molecule has 0 aliphatic heterocycles. The van der Waals surface area contributed by atoms with Crippen molar-refractivity contribution in [1.29, 1.82) is 0 Å². The van der Waals surface area contributed by atoms with E-state index in [9.17, 15) is 0 Å². The summed E-state index contributed by atoms with van der Waals surface area (Å²) in [6.07, 6.45) is 0. The van der Waals surface area contributed by atoms with E-state index in [1.807, 2.05) is 0 Å². The highest BCUT2D eigenvalue weighted by molar-refractivity contribution is 5.97. The Bertz CT molecular complexity index is 3450. The zero-order valence-electron chi connectivity index (χ0n) is 37.6. The maximum atomic E-state index is 2.52. The van der Waals surface area contributed by atoms with Crippen molar-refractivity contribution in [2.24, 2.45) is 0 Å². The van der Waals surface area contributed by atoms with Crippen molar-refractivity contribution in [2.45, 2.75) is 5.41 Å². The molecule has 1 heteroatoms. The van der Waals surface area contributed by atoms with Crippen LogP contribution in [0.1, 0.15) is 22.3 Å². The standard InChI is InChI=1S/C67H47N/c1-6-19-48(20-7-1)51-33-35-52(36-34-51)54-39-43-60(44-40-54)68(59-41-37-53(38-42-59)49-21-8-2-9-22-49)66-47-65-63(46-62(66)56-26-18-25-55(45-56)50-23-10-3-11-24-50)61-31-16-17-32-64(61)67(65,57-27-12-4-13-28-57)58-29-14-5-15-30-58/h1-47H. The van der Waals surface area contributed by atoms with Crippen molar-refractivity contribution in [3.05, 3.63) is 307 Å². The first-order valence-corrected chi connectivity index (χ1v) is 23.5. The van der Waals surface area contributed by atoms with Crippen molar-refractivity contribution >= 4 is 17.1 Å². The lowest BCUT2D eigenvalue weighted by atomic mass is 9.67. The maximum Gasteiger partial charge on any atom is 0.0714 e. The van der Waals surface area contributed by atoms with Gasteiger partial charge in [-0.25, -0.2) is 0 Å². The third-order valence-electron chi connectivity index (χ3n) is 13.8. The van der Waals surface area contributed by atoms with Gasteiger partial charge in [0.05, 0.1) is 11.1 Å². The molecule has 1 aliphatic carbocycles. The van der Waals surface area contributed by atoms with E-state index >= 15 is 0 Å². The fourth-order valence-electron chi connectivity index (χ4n) is 10.5. The zero-order valence-corrected chi connectivity index (χ0v) is 37.6. The second kappa shape index (κ2) is 17.5. The third-order valence-corrected chi connectivity index (χ3v) is 13.8. The van der Waals surface area contributed by atoms with Crippen LogP contribution in [0.3, 0.4) is 0 Å². The molecule has 0 atom stereocenters. The molecule has 0 aromatic heterocycles. The van der Waals surface area contributed by atoms with Crippen LogP contribution in [0.4, 0.5) is 17.1 Å². The molecule has 0 bridgehead atoms.